The maximum atomic E-state index is 3.84. The molecule has 100 valence electrons. The van der Waals surface area contributed by atoms with Crippen LogP contribution in [-0.2, 0) is 0 Å². The first-order valence-electron chi connectivity index (χ1n) is 7.28. The van der Waals surface area contributed by atoms with E-state index in [1.807, 2.05) is 0 Å². The Morgan fingerprint density at radius 3 is 2.28 bits per heavy atom. The van der Waals surface area contributed by atoms with Gasteiger partial charge in [-0.3, -0.25) is 0 Å². The highest BCUT2D eigenvalue weighted by atomic mass is 15.0. The number of nitrogens with one attached hydrogen (secondary N) is 1. The topological polar surface area (TPSA) is 12.0 Å². The number of rotatable bonds is 5. The summed E-state index contributed by atoms with van der Waals surface area (Å²) in [5.41, 5.74) is 1.66. The van der Waals surface area contributed by atoms with E-state index in [4.69, 9.17) is 0 Å². The highest BCUT2D eigenvalue weighted by molar-refractivity contribution is 5.21. The lowest BCUT2D eigenvalue weighted by molar-refractivity contribution is 0.247. The van der Waals surface area contributed by atoms with Gasteiger partial charge in [0.1, 0.15) is 0 Å². The van der Waals surface area contributed by atoms with Crippen LogP contribution < -0.4 is 5.32 Å². The predicted octanol–water partition coefficient (Wildman–Crippen LogP) is 4.55. The zero-order chi connectivity index (χ0) is 13.2. The molecule has 0 saturated heterocycles. The Morgan fingerprint density at radius 1 is 1.17 bits per heavy atom. The maximum Gasteiger partial charge on any atom is 0.0371 e. The Kier molecular flexibility index (Phi) is 4.11. The Morgan fingerprint density at radius 2 is 1.78 bits per heavy atom. The molecule has 0 aliphatic heterocycles. The van der Waals surface area contributed by atoms with E-state index in [1.54, 1.807) is 0 Å². The number of benzene rings is 1. The Labute approximate surface area is 112 Å². The summed E-state index contributed by atoms with van der Waals surface area (Å²) in [5, 5.41) is 3.84. The normalized spacial score (nSPS) is 19.6. The highest BCUT2D eigenvalue weighted by Gasteiger charge is 2.29. The minimum Gasteiger partial charge on any atom is -0.307 e. The van der Waals surface area contributed by atoms with Gasteiger partial charge in [0.05, 0.1) is 0 Å². The van der Waals surface area contributed by atoms with Crippen LogP contribution in [0.4, 0.5) is 0 Å². The summed E-state index contributed by atoms with van der Waals surface area (Å²) in [4.78, 5) is 0. The Hall–Kier alpha value is -0.820. The van der Waals surface area contributed by atoms with E-state index in [0.29, 0.717) is 12.1 Å². The third-order valence-electron chi connectivity index (χ3n) is 3.83. The van der Waals surface area contributed by atoms with Crippen molar-refractivity contribution in [1.82, 2.24) is 5.32 Å². The minimum absolute atomic E-state index is 0.249. The molecule has 1 nitrogen and oxygen atoms in total. The average Bonchev–Trinajstić information content (AvgIpc) is 3.09. The van der Waals surface area contributed by atoms with Gasteiger partial charge in [-0.2, -0.15) is 0 Å². The van der Waals surface area contributed by atoms with Gasteiger partial charge in [0.15, 0.2) is 0 Å². The molecular formula is C17H27N. The Balaban J connectivity index is 2.05. The van der Waals surface area contributed by atoms with Crippen molar-refractivity contribution in [2.24, 2.45) is 11.3 Å². The second kappa shape index (κ2) is 5.44. The first-order valence-corrected chi connectivity index (χ1v) is 7.28. The molecule has 2 unspecified atom stereocenters. The molecule has 1 N–H and O–H groups in total. The SMILES string of the molecule is CC(CC1CC1)NC(c1ccccc1)C(C)(C)C. The summed E-state index contributed by atoms with van der Waals surface area (Å²) in [7, 11) is 0. The lowest BCUT2D eigenvalue weighted by Crippen LogP contribution is -2.38. The molecule has 0 aromatic heterocycles. The summed E-state index contributed by atoms with van der Waals surface area (Å²) >= 11 is 0. The molecule has 1 fully saturated rings. The monoisotopic (exact) mass is 245 g/mol. The average molecular weight is 245 g/mol. The molecule has 0 spiro atoms. The quantitative estimate of drug-likeness (QED) is 0.802. The molecule has 0 heterocycles. The number of hydrogen-bond acceptors (Lipinski definition) is 1. The van der Waals surface area contributed by atoms with E-state index in [0.717, 1.165) is 5.92 Å². The van der Waals surface area contributed by atoms with E-state index in [2.05, 4.69) is 63.3 Å². The standard InChI is InChI=1S/C17H27N/c1-13(12-14-10-11-14)18-16(17(2,3)4)15-8-6-5-7-9-15/h5-9,13-14,16,18H,10-12H2,1-4H3. The van der Waals surface area contributed by atoms with Crippen LogP contribution in [0.3, 0.4) is 0 Å². The van der Waals surface area contributed by atoms with Crippen molar-refractivity contribution in [3.05, 3.63) is 35.9 Å². The van der Waals surface area contributed by atoms with Crippen molar-refractivity contribution in [3.8, 4) is 0 Å². The predicted molar refractivity (Wildman–Crippen MR) is 78.6 cm³/mol. The second-order valence-corrected chi connectivity index (χ2v) is 6.96. The Bertz CT molecular complexity index is 359. The first-order chi connectivity index (χ1) is 8.47. The molecule has 1 saturated carbocycles. The van der Waals surface area contributed by atoms with Crippen LogP contribution in [0.5, 0.6) is 0 Å². The molecule has 0 radical (unpaired) electrons. The van der Waals surface area contributed by atoms with Crippen LogP contribution in [0.2, 0.25) is 0 Å². The molecule has 2 atom stereocenters. The summed E-state index contributed by atoms with van der Waals surface area (Å²) in [6.07, 6.45) is 4.22. The van der Waals surface area contributed by atoms with Crippen LogP contribution in [0.1, 0.15) is 58.6 Å². The van der Waals surface area contributed by atoms with Crippen LogP contribution in [0, 0.1) is 11.3 Å². The molecule has 2 rings (SSSR count). The van der Waals surface area contributed by atoms with Crippen molar-refractivity contribution in [3.63, 3.8) is 0 Å². The van der Waals surface area contributed by atoms with Crippen molar-refractivity contribution in [2.45, 2.75) is 59.0 Å². The number of hydrogen-bond donors (Lipinski definition) is 1. The van der Waals surface area contributed by atoms with Crippen LogP contribution >= 0.6 is 0 Å². The fraction of sp³-hybridized carbons (Fsp3) is 0.647. The lowest BCUT2D eigenvalue weighted by Gasteiger charge is -2.34. The maximum absolute atomic E-state index is 3.84. The van der Waals surface area contributed by atoms with E-state index >= 15 is 0 Å². The van der Waals surface area contributed by atoms with Gasteiger partial charge < -0.3 is 5.32 Å². The van der Waals surface area contributed by atoms with Crippen molar-refractivity contribution in [1.29, 1.82) is 0 Å². The molecule has 1 heteroatoms. The van der Waals surface area contributed by atoms with Gasteiger partial charge >= 0.3 is 0 Å². The summed E-state index contributed by atoms with van der Waals surface area (Å²) < 4.78 is 0. The highest BCUT2D eigenvalue weighted by Crippen LogP contribution is 2.36. The molecule has 0 amide bonds. The summed E-state index contributed by atoms with van der Waals surface area (Å²) in [6.45, 7) is 9.30. The molecule has 18 heavy (non-hydrogen) atoms. The summed E-state index contributed by atoms with van der Waals surface area (Å²) in [5.74, 6) is 0.990. The van der Waals surface area contributed by atoms with Gasteiger partial charge in [-0.1, -0.05) is 63.9 Å². The zero-order valence-corrected chi connectivity index (χ0v) is 12.2. The minimum atomic E-state index is 0.249. The first kappa shape index (κ1) is 13.6. The van der Waals surface area contributed by atoms with E-state index in [9.17, 15) is 0 Å². The fourth-order valence-electron chi connectivity index (χ4n) is 2.70. The molecule has 1 aromatic rings. The van der Waals surface area contributed by atoms with Crippen molar-refractivity contribution >= 4 is 0 Å². The van der Waals surface area contributed by atoms with Gasteiger partial charge in [0.25, 0.3) is 0 Å². The smallest absolute Gasteiger partial charge is 0.0371 e. The van der Waals surface area contributed by atoms with Gasteiger partial charge in [-0.15, -0.1) is 0 Å². The third kappa shape index (κ3) is 3.84. The van der Waals surface area contributed by atoms with Gasteiger partial charge in [0, 0.05) is 12.1 Å². The third-order valence-corrected chi connectivity index (χ3v) is 3.83. The van der Waals surface area contributed by atoms with E-state index < -0.39 is 0 Å². The van der Waals surface area contributed by atoms with Gasteiger partial charge in [-0.25, -0.2) is 0 Å². The molecule has 1 aliphatic rings. The van der Waals surface area contributed by atoms with Crippen molar-refractivity contribution in [2.75, 3.05) is 0 Å². The van der Waals surface area contributed by atoms with E-state index in [-0.39, 0.29) is 5.41 Å². The fourth-order valence-corrected chi connectivity index (χ4v) is 2.70. The van der Waals surface area contributed by atoms with E-state index in [1.165, 1.54) is 24.8 Å². The molecular weight excluding hydrogens is 218 g/mol. The molecule has 0 bridgehead atoms. The van der Waals surface area contributed by atoms with Crippen molar-refractivity contribution < 1.29 is 0 Å². The molecule has 1 aliphatic carbocycles. The van der Waals surface area contributed by atoms with Gasteiger partial charge in [0.2, 0.25) is 0 Å². The largest absolute Gasteiger partial charge is 0.307 e. The second-order valence-electron chi connectivity index (χ2n) is 6.96. The van der Waals surface area contributed by atoms with Crippen LogP contribution in [0.25, 0.3) is 0 Å². The molecule has 1 aromatic carbocycles. The summed E-state index contributed by atoms with van der Waals surface area (Å²) in [6, 6.07) is 11.9. The van der Waals surface area contributed by atoms with Gasteiger partial charge in [-0.05, 0) is 30.2 Å². The van der Waals surface area contributed by atoms with Crippen LogP contribution in [-0.4, -0.2) is 6.04 Å². The lowest BCUT2D eigenvalue weighted by atomic mass is 9.82. The zero-order valence-electron chi connectivity index (χ0n) is 12.2. The van der Waals surface area contributed by atoms with Crippen LogP contribution in [0.15, 0.2) is 30.3 Å².